The van der Waals surface area contributed by atoms with Gasteiger partial charge in [-0.15, -0.1) is 0 Å². The molecule has 0 fully saturated rings. The van der Waals surface area contributed by atoms with E-state index in [-0.39, 0.29) is 6.42 Å². The van der Waals surface area contributed by atoms with Gasteiger partial charge in [0.15, 0.2) is 0 Å². The number of carbonyl (C=O) groups excluding carboxylic acids is 1. The van der Waals surface area contributed by atoms with Gasteiger partial charge in [-0.3, -0.25) is 4.79 Å². The van der Waals surface area contributed by atoms with E-state index < -0.39 is 17.2 Å². The Morgan fingerprint density at radius 1 is 1.37 bits per heavy atom. The first-order valence-corrected chi connectivity index (χ1v) is 6.18. The highest BCUT2D eigenvalue weighted by atomic mass is 35.5. The number of aliphatic carboxylic acids is 1. The molecule has 5 heteroatoms. The molecule has 19 heavy (non-hydrogen) atoms. The molecule has 0 aliphatic carbocycles. The van der Waals surface area contributed by atoms with Crippen molar-refractivity contribution in [2.75, 3.05) is 7.11 Å². The maximum absolute atomic E-state index is 11.4. The van der Waals surface area contributed by atoms with Gasteiger partial charge in [-0.2, -0.15) is 0 Å². The van der Waals surface area contributed by atoms with Crippen LogP contribution in [0, 0.1) is 6.92 Å². The summed E-state index contributed by atoms with van der Waals surface area (Å²) in [6.07, 6.45) is -0.113. The molecule has 0 aromatic heterocycles. The largest absolute Gasteiger partial charge is 0.495 e. The second-order valence-electron chi connectivity index (χ2n) is 5.07. The van der Waals surface area contributed by atoms with Crippen molar-refractivity contribution in [3.8, 4) is 5.75 Å². The summed E-state index contributed by atoms with van der Waals surface area (Å²) >= 11 is 6.18. The van der Waals surface area contributed by atoms with Gasteiger partial charge in [0.2, 0.25) is 5.78 Å². The highest BCUT2D eigenvalue weighted by Crippen LogP contribution is 2.40. The van der Waals surface area contributed by atoms with E-state index in [2.05, 4.69) is 0 Å². The lowest BCUT2D eigenvalue weighted by Crippen LogP contribution is -2.26. The van der Waals surface area contributed by atoms with Gasteiger partial charge in [0.25, 0.3) is 0 Å². The topological polar surface area (TPSA) is 63.6 Å². The van der Waals surface area contributed by atoms with Crippen molar-refractivity contribution in [1.82, 2.24) is 0 Å². The van der Waals surface area contributed by atoms with Crippen LogP contribution < -0.4 is 4.74 Å². The molecule has 1 aromatic rings. The van der Waals surface area contributed by atoms with Gasteiger partial charge in [0.05, 0.1) is 12.1 Å². The Hall–Kier alpha value is -1.55. The fourth-order valence-electron chi connectivity index (χ4n) is 1.96. The van der Waals surface area contributed by atoms with E-state index in [4.69, 9.17) is 21.4 Å². The van der Waals surface area contributed by atoms with Gasteiger partial charge >= 0.3 is 5.97 Å². The summed E-state index contributed by atoms with van der Waals surface area (Å²) in [6, 6.07) is 3.64. The minimum Gasteiger partial charge on any atom is -0.495 e. The number of rotatable bonds is 5. The minimum absolute atomic E-state index is 0.113. The molecule has 0 heterocycles. The van der Waals surface area contributed by atoms with Crippen LogP contribution in [0.3, 0.4) is 0 Å². The summed E-state index contributed by atoms with van der Waals surface area (Å²) in [5.74, 6) is -1.76. The molecule has 0 aliphatic rings. The fraction of sp³-hybridized carbons (Fsp3) is 0.429. The van der Waals surface area contributed by atoms with E-state index in [1.165, 1.54) is 7.11 Å². The molecule has 104 valence electrons. The predicted octanol–water partition coefficient (Wildman–Crippen LogP) is 2.98. The Morgan fingerprint density at radius 2 is 1.95 bits per heavy atom. The SMILES string of the molecule is COc1c(C(C)(C)CC(=O)C(=O)O)ccc(C)c1Cl. The standard InChI is InChI=1S/C14H17ClO4/c1-8-5-6-9(12(19-4)11(8)15)14(2,3)7-10(16)13(17)18/h5-6H,7H2,1-4H3,(H,17,18). The van der Waals surface area contributed by atoms with E-state index in [0.717, 1.165) is 11.1 Å². The lowest BCUT2D eigenvalue weighted by atomic mass is 9.79. The first-order chi connectivity index (χ1) is 8.70. The first kappa shape index (κ1) is 15.5. The Labute approximate surface area is 117 Å². The van der Waals surface area contributed by atoms with Gasteiger partial charge in [0, 0.05) is 17.4 Å². The quantitative estimate of drug-likeness (QED) is 0.844. The molecule has 0 atom stereocenters. The molecular formula is C14H17ClO4. The normalized spacial score (nSPS) is 11.2. The monoisotopic (exact) mass is 284 g/mol. The van der Waals surface area contributed by atoms with Crippen LogP contribution >= 0.6 is 11.6 Å². The summed E-state index contributed by atoms with van der Waals surface area (Å²) in [7, 11) is 1.50. The van der Waals surface area contributed by atoms with Crippen molar-refractivity contribution in [3.05, 3.63) is 28.3 Å². The van der Waals surface area contributed by atoms with Crippen LogP contribution in [0.2, 0.25) is 5.02 Å². The van der Waals surface area contributed by atoms with Gasteiger partial charge in [-0.1, -0.05) is 37.6 Å². The molecule has 1 N–H and O–H groups in total. The molecule has 1 aromatic carbocycles. The van der Waals surface area contributed by atoms with Crippen LogP contribution in [0.15, 0.2) is 12.1 Å². The zero-order chi connectivity index (χ0) is 14.8. The van der Waals surface area contributed by atoms with Crippen molar-refractivity contribution in [1.29, 1.82) is 0 Å². The van der Waals surface area contributed by atoms with Crippen molar-refractivity contribution in [2.24, 2.45) is 0 Å². The molecule has 0 bridgehead atoms. The number of hydrogen-bond donors (Lipinski definition) is 1. The number of carbonyl (C=O) groups is 2. The maximum Gasteiger partial charge on any atom is 0.372 e. The van der Waals surface area contributed by atoms with Gasteiger partial charge in [0.1, 0.15) is 5.75 Å². The molecule has 0 saturated heterocycles. The molecule has 0 amide bonds. The molecule has 4 nitrogen and oxygen atoms in total. The smallest absolute Gasteiger partial charge is 0.372 e. The van der Waals surface area contributed by atoms with E-state index in [1.807, 2.05) is 19.1 Å². The zero-order valence-electron chi connectivity index (χ0n) is 11.4. The highest BCUT2D eigenvalue weighted by molar-refractivity contribution is 6.33. The average Bonchev–Trinajstić information content (AvgIpc) is 2.31. The van der Waals surface area contributed by atoms with Gasteiger partial charge in [-0.05, 0) is 12.5 Å². The summed E-state index contributed by atoms with van der Waals surface area (Å²) < 4.78 is 5.29. The van der Waals surface area contributed by atoms with Crippen LogP contribution in [0.4, 0.5) is 0 Å². The number of methoxy groups -OCH3 is 1. The fourth-order valence-corrected chi connectivity index (χ4v) is 2.20. The third-order valence-electron chi connectivity index (χ3n) is 3.06. The number of carboxylic acids is 1. The van der Waals surface area contributed by atoms with Gasteiger partial charge in [-0.25, -0.2) is 4.79 Å². The summed E-state index contributed by atoms with van der Waals surface area (Å²) in [6.45, 7) is 5.43. The van der Waals surface area contributed by atoms with Crippen molar-refractivity contribution in [3.63, 3.8) is 0 Å². The number of benzene rings is 1. The lowest BCUT2D eigenvalue weighted by Gasteiger charge is -2.26. The highest BCUT2D eigenvalue weighted by Gasteiger charge is 2.31. The lowest BCUT2D eigenvalue weighted by molar-refractivity contribution is -0.149. The Balaban J connectivity index is 3.25. The van der Waals surface area contributed by atoms with Gasteiger partial charge < -0.3 is 9.84 Å². The summed E-state index contributed by atoms with van der Waals surface area (Å²) in [5, 5.41) is 9.19. The van der Waals surface area contributed by atoms with Crippen LogP contribution in [0.25, 0.3) is 0 Å². The Kier molecular flexibility index (Phi) is 4.58. The number of Topliss-reactive ketones (excluding diaryl/α,β-unsaturated/α-hetero) is 1. The number of aryl methyl sites for hydroxylation is 1. The molecule has 0 radical (unpaired) electrons. The Morgan fingerprint density at radius 3 is 2.42 bits per heavy atom. The van der Waals surface area contributed by atoms with Crippen molar-refractivity contribution < 1.29 is 19.4 Å². The minimum atomic E-state index is -1.43. The molecule has 0 aliphatic heterocycles. The second-order valence-corrected chi connectivity index (χ2v) is 5.44. The summed E-state index contributed by atoms with van der Waals surface area (Å²) in [4.78, 5) is 22.1. The molecular weight excluding hydrogens is 268 g/mol. The van der Waals surface area contributed by atoms with Crippen molar-refractivity contribution >= 4 is 23.4 Å². The van der Waals surface area contributed by atoms with E-state index in [1.54, 1.807) is 13.8 Å². The molecule has 0 spiro atoms. The van der Waals surface area contributed by atoms with Crippen LogP contribution in [0.1, 0.15) is 31.4 Å². The Bertz CT molecular complexity index is 520. The third kappa shape index (κ3) is 3.26. The predicted molar refractivity (Wildman–Crippen MR) is 73.0 cm³/mol. The number of ether oxygens (including phenoxy) is 1. The number of halogens is 1. The van der Waals surface area contributed by atoms with Crippen LogP contribution in [0.5, 0.6) is 5.75 Å². The first-order valence-electron chi connectivity index (χ1n) is 5.80. The molecule has 1 rings (SSSR count). The average molecular weight is 285 g/mol. The third-order valence-corrected chi connectivity index (χ3v) is 3.53. The number of hydrogen-bond acceptors (Lipinski definition) is 3. The zero-order valence-corrected chi connectivity index (χ0v) is 12.2. The summed E-state index contributed by atoms with van der Waals surface area (Å²) in [5.41, 5.74) is 0.917. The van der Waals surface area contributed by atoms with Crippen molar-refractivity contribution in [2.45, 2.75) is 32.6 Å². The second kappa shape index (κ2) is 5.61. The molecule has 0 unspecified atom stereocenters. The van der Waals surface area contributed by atoms with Crippen LogP contribution in [-0.2, 0) is 15.0 Å². The number of carboxylic acid groups (broad SMARTS) is 1. The van der Waals surface area contributed by atoms with E-state index >= 15 is 0 Å². The number of ketones is 1. The van der Waals surface area contributed by atoms with Crippen LogP contribution in [-0.4, -0.2) is 24.0 Å². The van der Waals surface area contributed by atoms with E-state index in [9.17, 15) is 9.59 Å². The maximum atomic E-state index is 11.4. The van der Waals surface area contributed by atoms with E-state index in [0.29, 0.717) is 10.8 Å². The molecule has 0 saturated carbocycles.